The smallest absolute Gasteiger partial charge is 0.236 e. The fraction of sp³-hybridized carbons (Fsp3) is 0.438. The summed E-state index contributed by atoms with van der Waals surface area (Å²) in [6, 6.07) is 4.15. The van der Waals surface area contributed by atoms with E-state index >= 15 is 0 Å². The van der Waals surface area contributed by atoms with Gasteiger partial charge in [-0.25, -0.2) is 4.98 Å². The van der Waals surface area contributed by atoms with Gasteiger partial charge >= 0.3 is 0 Å². The Morgan fingerprint density at radius 1 is 1.64 bits per heavy atom. The van der Waals surface area contributed by atoms with Crippen LogP contribution >= 0.6 is 0 Å². The van der Waals surface area contributed by atoms with Crippen molar-refractivity contribution in [1.82, 2.24) is 14.9 Å². The van der Waals surface area contributed by atoms with E-state index in [2.05, 4.69) is 15.3 Å². The molecule has 1 amide bonds. The van der Waals surface area contributed by atoms with E-state index in [9.17, 15) is 4.79 Å². The maximum atomic E-state index is 11.9. The fourth-order valence-corrected chi connectivity index (χ4v) is 3.00. The molecule has 1 atom stereocenters. The van der Waals surface area contributed by atoms with Crippen molar-refractivity contribution in [1.29, 1.82) is 5.26 Å². The Morgan fingerprint density at radius 3 is 3.32 bits per heavy atom. The summed E-state index contributed by atoms with van der Waals surface area (Å²) in [4.78, 5) is 21.2. The molecule has 2 aromatic rings. The summed E-state index contributed by atoms with van der Waals surface area (Å²) in [6.45, 7) is 3.42. The van der Waals surface area contributed by atoms with Crippen LogP contribution in [-0.2, 0) is 4.79 Å². The van der Waals surface area contributed by atoms with Crippen molar-refractivity contribution in [2.24, 2.45) is 0 Å². The first kappa shape index (κ1) is 14.4. The largest absolute Gasteiger partial charge is 0.380 e. The molecular formula is C16H19N5O. The molecule has 0 unspecified atom stereocenters. The van der Waals surface area contributed by atoms with Crippen LogP contribution in [0.1, 0.15) is 24.8 Å². The number of nitrogens with zero attached hydrogens (tertiary/aromatic N) is 3. The lowest BCUT2D eigenvalue weighted by molar-refractivity contribution is -0.131. The molecule has 1 aliphatic rings. The van der Waals surface area contributed by atoms with Crippen LogP contribution in [0.4, 0.5) is 5.69 Å². The van der Waals surface area contributed by atoms with Gasteiger partial charge in [0.05, 0.1) is 6.07 Å². The second kappa shape index (κ2) is 6.06. The van der Waals surface area contributed by atoms with Crippen LogP contribution in [0.2, 0.25) is 0 Å². The number of hydrogen-bond donors (Lipinski definition) is 2. The van der Waals surface area contributed by atoms with E-state index in [1.807, 2.05) is 31.5 Å². The van der Waals surface area contributed by atoms with E-state index in [4.69, 9.17) is 5.26 Å². The molecule has 6 nitrogen and oxygen atoms in total. The highest BCUT2D eigenvalue weighted by Gasteiger charge is 2.24. The highest BCUT2D eigenvalue weighted by atomic mass is 16.2. The summed E-state index contributed by atoms with van der Waals surface area (Å²) in [7, 11) is 0. The molecule has 2 aromatic heterocycles. The standard InChI is InChI=1S/C16H19N5O/c1-11-9-19-16-13(5-7-18-16)15(11)20-12-3-2-8-21(10-12)14(22)4-6-17/h5,7,9,12H,2-4,8,10H2,1H3,(H2,18,19,20)/t12-/m1/s1. The minimum atomic E-state index is -0.0766. The van der Waals surface area contributed by atoms with Crippen LogP contribution in [0, 0.1) is 18.3 Å². The first-order chi connectivity index (χ1) is 10.7. The number of nitrogens with one attached hydrogen (secondary N) is 2. The second-order valence-electron chi connectivity index (χ2n) is 5.71. The van der Waals surface area contributed by atoms with Gasteiger partial charge in [-0.05, 0) is 31.4 Å². The van der Waals surface area contributed by atoms with Crippen LogP contribution in [0.3, 0.4) is 0 Å². The number of aryl methyl sites for hydroxylation is 1. The third kappa shape index (κ3) is 2.75. The van der Waals surface area contributed by atoms with Crippen molar-refractivity contribution in [2.45, 2.75) is 32.2 Å². The first-order valence-corrected chi connectivity index (χ1v) is 7.53. The van der Waals surface area contributed by atoms with Crippen LogP contribution in [0.5, 0.6) is 0 Å². The van der Waals surface area contributed by atoms with Crippen LogP contribution < -0.4 is 5.32 Å². The van der Waals surface area contributed by atoms with Gasteiger partial charge in [0.15, 0.2) is 0 Å². The third-order valence-electron chi connectivity index (χ3n) is 4.13. The molecule has 0 aliphatic carbocycles. The minimum absolute atomic E-state index is 0.0386. The molecule has 0 radical (unpaired) electrons. The zero-order chi connectivity index (χ0) is 15.5. The van der Waals surface area contributed by atoms with Crippen LogP contribution in [-0.4, -0.2) is 39.9 Å². The van der Waals surface area contributed by atoms with E-state index in [1.54, 1.807) is 4.90 Å². The fourth-order valence-electron chi connectivity index (χ4n) is 3.00. The average molecular weight is 297 g/mol. The summed E-state index contributed by atoms with van der Waals surface area (Å²) in [5, 5.41) is 13.3. The molecule has 3 heterocycles. The van der Waals surface area contributed by atoms with Gasteiger partial charge in [-0.2, -0.15) is 5.26 Å². The lowest BCUT2D eigenvalue weighted by Gasteiger charge is -2.33. The number of hydrogen-bond acceptors (Lipinski definition) is 4. The van der Waals surface area contributed by atoms with Gasteiger partial charge in [0.1, 0.15) is 12.1 Å². The number of nitriles is 1. The van der Waals surface area contributed by atoms with E-state index in [1.165, 1.54) is 0 Å². The van der Waals surface area contributed by atoms with E-state index in [-0.39, 0.29) is 18.4 Å². The Hall–Kier alpha value is -2.55. The number of aromatic amines is 1. The number of aromatic nitrogens is 2. The number of piperidine rings is 1. The summed E-state index contributed by atoms with van der Waals surface area (Å²) in [6.07, 6.45) is 5.66. The molecule has 0 aromatic carbocycles. The molecule has 22 heavy (non-hydrogen) atoms. The maximum absolute atomic E-state index is 11.9. The molecule has 2 N–H and O–H groups in total. The van der Waals surface area contributed by atoms with Crippen molar-refractivity contribution >= 4 is 22.6 Å². The maximum Gasteiger partial charge on any atom is 0.236 e. The molecule has 6 heteroatoms. The number of likely N-dealkylation sites (tertiary alicyclic amines) is 1. The van der Waals surface area contributed by atoms with Crippen molar-refractivity contribution in [3.8, 4) is 6.07 Å². The number of carbonyl (C=O) groups is 1. The lowest BCUT2D eigenvalue weighted by Crippen LogP contribution is -2.45. The topological polar surface area (TPSA) is 84.8 Å². The van der Waals surface area contributed by atoms with Gasteiger partial charge in [-0.15, -0.1) is 0 Å². The Labute approximate surface area is 129 Å². The quantitative estimate of drug-likeness (QED) is 0.909. The molecule has 1 aliphatic heterocycles. The summed E-state index contributed by atoms with van der Waals surface area (Å²) >= 11 is 0. The molecule has 0 bridgehead atoms. The lowest BCUT2D eigenvalue weighted by atomic mass is 10.0. The van der Waals surface area contributed by atoms with Gasteiger partial charge in [0.2, 0.25) is 5.91 Å². The van der Waals surface area contributed by atoms with Gasteiger partial charge in [-0.3, -0.25) is 4.79 Å². The number of H-pyrrole nitrogens is 1. The number of pyridine rings is 1. The molecule has 3 rings (SSSR count). The van der Waals surface area contributed by atoms with Crippen molar-refractivity contribution in [3.05, 3.63) is 24.0 Å². The Balaban J connectivity index is 1.77. The Morgan fingerprint density at radius 2 is 2.50 bits per heavy atom. The molecule has 1 saturated heterocycles. The van der Waals surface area contributed by atoms with Gasteiger partial charge in [-0.1, -0.05) is 0 Å². The molecule has 0 spiro atoms. The predicted molar refractivity (Wildman–Crippen MR) is 84.3 cm³/mol. The third-order valence-corrected chi connectivity index (χ3v) is 4.13. The monoisotopic (exact) mass is 297 g/mol. The SMILES string of the molecule is Cc1cnc2[nH]ccc2c1N[C@@H]1CCCN(C(=O)CC#N)C1. The van der Waals surface area contributed by atoms with Crippen LogP contribution in [0.15, 0.2) is 18.5 Å². The summed E-state index contributed by atoms with van der Waals surface area (Å²) in [5.74, 6) is -0.0766. The summed E-state index contributed by atoms with van der Waals surface area (Å²) in [5.41, 5.74) is 3.03. The number of carbonyl (C=O) groups excluding carboxylic acids is 1. The zero-order valence-corrected chi connectivity index (χ0v) is 12.6. The first-order valence-electron chi connectivity index (χ1n) is 7.53. The van der Waals surface area contributed by atoms with Gasteiger partial charge in [0.25, 0.3) is 0 Å². The van der Waals surface area contributed by atoms with Crippen molar-refractivity contribution in [2.75, 3.05) is 18.4 Å². The normalized spacial score (nSPS) is 18.2. The Bertz CT molecular complexity index is 730. The van der Waals surface area contributed by atoms with Gasteiger partial charge < -0.3 is 15.2 Å². The second-order valence-corrected chi connectivity index (χ2v) is 5.71. The number of fused-ring (bicyclic) bond motifs is 1. The number of amides is 1. The number of rotatable bonds is 3. The molecular weight excluding hydrogens is 278 g/mol. The molecule has 1 fully saturated rings. The van der Waals surface area contributed by atoms with E-state index < -0.39 is 0 Å². The average Bonchev–Trinajstić information content (AvgIpc) is 2.99. The Kier molecular flexibility index (Phi) is 3.96. The highest BCUT2D eigenvalue weighted by Crippen LogP contribution is 2.27. The van der Waals surface area contributed by atoms with Crippen molar-refractivity contribution in [3.63, 3.8) is 0 Å². The molecule has 114 valence electrons. The minimum Gasteiger partial charge on any atom is -0.380 e. The summed E-state index contributed by atoms with van der Waals surface area (Å²) < 4.78 is 0. The van der Waals surface area contributed by atoms with Gasteiger partial charge in [0, 0.05) is 42.6 Å². The van der Waals surface area contributed by atoms with Crippen molar-refractivity contribution < 1.29 is 4.79 Å². The van der Waals surface area contributed by atoms with Crippen LogP contribution in [0.25, 0.3) is 11.0 Å². The number of anilines is 1. The highest BCUT2D eigenvalue weighted by molar-refractivity contribution is 5.91. The molecule has 0 saturated carbocycles. The predicted octanol–water partition coefficient (Wildman–Crippen LogP) is 2.19. The van der Waals surface area contributed by atoms with E-state index in [0.717, 1.165) is 41.7 Å². The zero-order valence-electron chi connectivity index (χ0n) is 12.6. The van der Waals surface area contributed by atoms with E-state index in [0.29, 0.717) is 6.54 Å².